The van der Waals surface area contributed by atoms with Gasteiger partial charge in [-0.15, -0.1) is 0 Å². The molecule has 0 amide bonds. The zero-order valence-corrected chi connectivity index (χ0v) is 18.0. The second-order valence-electron chi connectivity index (χ2n) is 7.28. The zero-order chi connectivity index (χ0) is 20.0. The van der Waals surface area contributed by atoms with Crippen LogP contribution in [0.1, 0.15) is 40.3 Å². The molecule has 4 rings (SSSR count). The molecule has 1 aromatic carbocycles. The van der Waals surface area contributed by atoms with Crippen molar-refractivity contribution in [2.45, 2.75) is 32.9 Å². The number of hydrogen-bond acceptors (Lipinski definition) is 2. The van der Waals surface area contributed by atoms with Crippen LogP contribution in [-0.2, 0) is 0 Å². The second kappa shape index (κ2) is 7.22. The Bertz CT molecular complexity index is 1040. The summed E-state index contributed by atoms with van der Waals surface area (Å²) >= 11 is 12.0. The number of aromatic nitrogens is 2. The van der Waals surface area contributed by atoms with E-state index in [9.17, 15) is 0 Å². The van der Waals surface area contributed by atoms with Crippen LogP contribution in [0.15, 0.2) is 48.7 Å². The fourth-order valence-corrected chi connectivity index (χ4v) is 4.55. The molecule has 144 valence electrons. The van der Waals surface area contributed by atoms with Gasteiger partial charge in [-0.05, 0) is 74.4 Å². The van der Waals surface area contributed by atoms with E-state index < -0.39 is 0 Å². The number of halogens is 1. The Morgan fingerprint density at radius 3 is 2.61 bits per heavy atom. The van der Waals surface area contributed by atoms with Gasteiger partial charge in [0.1, 0.15) is 0 Å². The lowest BCUT2D eigenvalue weighted by Gasteiger charge is -2.24. The average Bonchev–Trinajstić information content (AvgIpc) is 3.14. The minimum absolute atomic E-state index is 0.00751. The van der Waals surface area contributed by atoms with Gasteiger partial charge >= 0.3 is 0 Å². The molecule has 1 fully saturated rings. The van der Waals surface area contributed by atoms with Crippen molar-refractivity contribution in [1.29, 1.82) is 0 Å². The van der Waals surface area contributed by atoms with Gasteiger partial charge in [0.25, 0.3) is 0 Å². The van der Waals surface area contributed by atoms with Gasteiger partial charge in [-0.2, -0.15) is 0 Å². The van der Waals surface area contributed by atoms with Gasteiger partial charge in [-0.3, -0.25) is 4.98 Å². The standard InChI is InChI=1S/C22H23ClN4S/c1-13-12-16(15(3)27(13)19-10-7-8-17(23)14(19)2)21-20(25-22(28)26(21)4)18-9-5-6-11-24-18/h5-12,20-21H,1-4H3,(H,25,28). The Hall–Kier alpha value is -2.37. The lowest BCUT2D eigenvalue weighted by Crippen LogP contribution is -2.25. The molecule has 3 heterocycles. The lowest BCUT2D eigenvalue weighted by molar-refractivity contribution is 0.367. The van der Waals surface area contributed by atoms with Crippen LogP contribution in [0.2, 0.25) is 5.02 Å². The summed E-state index contributed by atoms with van der Waals surface area (Å²) in [6.45, 7) is 6.35. The van der Waals surface area contributed by atoms with Crippen molar-refractivity contribution in [2.75, 3.05) is 7.05 Å². The number of thiocarbonyl (C=S) groups is 1. The number of aryl methyl sites for hydroxylation is 1. The normalized spacial score (nSPS) is 19.2. The third-order valence-electron chi connectivity index (χ3n) is 5.61. The lowest BCUT2D eigenvalue weighted by atomic mass is 9.97. The Morgan fingerprint density at radius 1 is 1.11 bits per heavy atom. The molecular weight excluding hydrogens is 388 g/mol. The maximum Gasteiger partial charge on any atom is 0.169 e. The van der Waals surface area contributed by atoms with Crippen molar-refractivity contribution >= 4 is 28.9 Å². The highest BCUT2D eigenvalue weighted by Crippen LogP contribution is 2.40. The van der Waals surface area contributed by atoms with E-state index in [1.165, 1.54) is 17.0 Å². The molecular formula is C22H23ClN4S. The summed E-state index contributed by atoms with van der Waals surface area (Å²) in [7, 11) is 2.04. The molecule has 2 aromatic heterocycles. The Labute approximate surface area is 176 Å². The van der Waals surface area contributed by atoms with Crippen LogP contribution in [0.4, 0.5) is 0 Å². The monoisotopic (exact) mass is 410 g/mol. The van der Waals surface area contributed by atoms with Gasteiger partial charge in [0, 0.05) is 35.3 Å². The fourth-order valence-electron chi connectivity index (χ4n) is 4.14. The highest BCUT2D eigenvalue weighted by atomic mass is 35.5. The number of likely N-dealkylation sites (N-methyl/N-ethyl adjacent to an activating group) is 1. The first kappa shape index (κ1) is 19.0. The molecule has 0 radical (unpaired) electrons. The first-order chi connectivity index (χ1) is 13.4. The molecule has 0 spiro atoms. The number of nitrogens with one attached hydrogen (secondary N) is 1. The second-order valence-corrected chi connectivity index (χ2v) is 8.08. The van der Waals surface area contributed by atoms with Gasteiger partial charge in [0.05, 0.1) is 17.8 Å². The summed E-state index contributed by atoms with van der Waals surface area (Å²) in [4.78, 5) is 6.71. The smallest absolute Gasteiger partial charge is 0.169 e. The highest BCUT2D eigenvalue weighted by molar-refractivity contribution is 7.80. The van der Waals surface area contributed by atoms with Crippen LogP contribution < -0.4 is 5.32 Å². The van der Waals surface area contributed by atoms with Crippen LogP contribution in [0.25, 0.3) is 5.69 Å². The summed E-state index contributed by atoms with van der Waals surface area (Å²) < 4.78 is 2.28. The summed E-state index contributed by atoms with van der Waals surface area (Å²) in [6.07, 6.45) is 1.83. The van der Waals surface area contributed by atoms with Crippen molar-refractivity contribution < 1.29 is 0 Å². The van der Waals surface area contributed by atoms with E-state index in [4.69, 9.17) is 23.8 Å². The van der Waals surface area contributed by atoms with E-state index in [1.54, 1.807) is 0 Å². The summed E-state index contributed by atoms with van der Waals surface area (Å²) in [5, 5.41) is 4.97. The quantitative estimate of drug-likeness (QED) is 0.612. The SMILES string of the molecule is Cc1c(Cl)cccc1-n1c(C)cc(C2C(c3ccccn3)NC(=S)N2C)c1C. The first-order valence-corrected chi connectivity index (χ1v) is 10.1. The van der Waals surface area contributed by atoms with Crippen molar-refractivity contribution in [3.8, 4) is 5.69 Å². The molecule has 1 aliphatic rings. The van der Waals surface area contributed by atoms with Gasteiger partial charge in [-0.25, -0.2) is 0 Å². The Kier molecular flexibility index (Phi) is 4.89. The summed E-state index contributed by atoms with van der Waals surface area (Å²) in [6, 6.07) is 14.4. The van der Waals surface area contributed by atoms with Gasteiger partial charge in [0.15, 0.2) is 5.11 Å². The predicted molar refractivity (Wildman–Crippen MR) is 118 cm³/mol. The van der Waals surface area contributed by atoms with E-state index in [2.05, 4.69) is 52.7 Å². The molecule has 0 aliphatic carbocycles. The van der Waals surface area contributed by atoms with Crippen LogP contribution in [0, 0.1) is 20.8 Å². The number of rotatable bonds is 3. The van der Waals surface area contributed by atoms with Gasteiger partial charge < -0.3 is 14.8 Å². The molecule has 6 heteroatoms. The Morgan fingerprint density at radius 2 is 1.89 bits per heavy atom. The maximum absolute atomic E-state index is 6.39. The van der Waals surface area contributed by atoms with Crippen LogP contribution in [-0.4, -0.2) is 26.6 Å². The van der Waals surface area contributed by atoms with E-state index in [1.807, 2.05) is 43.6 Å². The number of benzene rings is 1. The molecule has 4 nitrogen and oxygen atoms in total. The molecule has 2 atom stereocenters. The van der Waals surface area contributed by atoms with E-state index >= 15 is 0 Å². The van der Waals surface area contributed by atoms with E-state index in [0.29, 0.717) is 0 Å². The van der Waals surface area contributed by atoms with Crippen molar-refractivity contribution in [3.05, 3.63) is 81.9 Å². The predicted octanol–water partition coefficient (Wildman–Crippen LogP) is 5.05. The van der Waals surface area contributed by atoms with Crippen LogP contribution in [0.5, 0.6) is 0 Å². The fraction of sp³-hybridized carbons (Fsp3) is 0.273. The molecule has 0 saturated carbocycles. The van der Waals surface area contributed by atoms with Crippen molar-refractivity contribution in [2.24, 2.45) is 0 Å². The van der Waals surface area contributed by atoms with Crippen LogP contribution in [0.3, 0.4) is 0 Å². The topological polar surface area (TPSA) is 33.1 Å². The van der Waals surface area contributed by atoms with Gasteiger partial charge in [-0.1, -0.05) is 23.7 Å². The summed E-state index contributed by atoms with van der Waals surface area (Å²) in [5.74, 6) is 0. The minimum Gasteiger partial charge on any atom is -0.352 e. The largest absolute Gasteiger partial charge is 0.352 e. The molecule has 2 unspecified atom stereocenters. The van der Waals surface area contributed by atoms with Crippen molar-refractivity contribution in [1.82, 2.24) is 19.8 Å². The zero-order valence-electron chi connectivity index (χ0n) is 16.4. The maximum atomic E-state index is 6.39. The average molecular weight is 411 g/mol. The Balaban J connectivity index is 1.85. The third-order valence-corrected chi connectivity index (χ3v) is 6.42. The van der Waals surface area contributed by atoms with E-state index in [0.717, 1.165) is 27.1 Å². The highest BCUT2D eigenvalue weighted by Gasteiger charge is 2.39. The first-order valence-electron chi connectivity index (χ1n) is 9.28. The third kappa shape index (κ3) is 2.99. The molecule has 1 N–H and O–H groups in total. The molecule has 1 saturated heterocycles. The van der Waals surface area contributed by atoms with Crippen molar-refractivity contribution in [3.63, 3.8) is 0 Å². The molecule has 3 aromatic rings. The minimum atomic E-state index is 0.00751. The number of pyridine rings is 1. The van der Waals surface area contributed by atoms with E-state index in [-0.39, 0.29) is 12.1 Å². The van der Waals surface area contributed by atoms with Crippen LogP contribution >= 0.6 is 23.8 Å². The van der Waals surface area contributed by atoms with Gasteiger partial charge in [0.2, 0.25) is 0 Å². The molecule has 1 aliphatic heterocycles. The molecule has 0 bridgehead atoms. The molecule has 28 heavy (non-hydrogen) atoms. The summed E-state index contributed by atoms with van der Waals surface area (Å²) in [5.41, 5.74) is 6.77. The number of nitrogens with zero attached hydrogens (tertiary/aromatic N) is 3. The number of hydrogen-bond donors (Lipinski definition) is 1.